The van der Waals surface area contributed by atoms with Crippen LogP contribution in [0.4, 0.5) is 0 Å². The standard InChI is InChI=1S/C10H20N2O4/c1-3-12(4-2)9(14)7-11-6-8(13)5-10(15)16/h8,11,13H,3-7H2,1-2H3,(H,15,16). The lowest BCUT2D eigenvalue weighted by Gasteiger charge is -2.19. The van der Waals surface area contributed by atoms with E-state index in [0.717, 1.165) is 0 Å². The molecule has 1 atom stereocenters. The van der Waals surface area contributed by atoms with Crippen molar-refractivity contribution in [3.05, 3.63) is 0 Å². The summed E-state index contributed by atoms with van der Waals surface area (Å²) in [5.74, 6) is -1.10. The van der Waals surface area contributed by atoms with Crippen molar-refractivity contribution in [2.45, 2.75) is 26.4 Å². The van der Waals surface area contributed by atoms with Crippen LogP contribution in [0.1, 0.15) is 20.3 Å². The molecule has 0 aliphatic rings. The summed E-state index contributed by atoms with van der Waals surface area (Å²) in [7, 11) is 0. The molecule has 0 aromatic rings. The van der Waals surface area contributed by atoms with E-state index in [2.05, 4.69) is 5.32 Å². The lowest BCUT2D eigenvalue weighted by atomic mass is 10.2. The Bertz CT molecular complexity index is 229. The first kappa shape index (κ1) is 14.9. The summed E-state index contributed by atoms with van der Waals surface area (Å²) in [5.41, 5.74) is 0. The number of rotatable bonds is 8. The third-order valence-electron chi connectivity index (χ3n) is 2.18. The van der Waals surface area contributed by atoms with E-state index in [1.807, 2.05) is 13.8 Å². The second-order valence-corrected chi connectivity index (χ2v) is 3.45. The van der Waals surface area contributed by atoms with Gasteiger partial charge in [0.05, 0.1) is 19.1 Å². The summed E-state index contributed by atoms with van der Waals surface area (Å²) in [6.07, 6.45) is -1.27. The third-order valence-corrected chi connectivity index (χ3v) is 2.18. The Morgan fingerprint density at radius 1 is 1.31 bits per heavy atom. The average molecular weight is 232 g/mol. The summed E-state index contributed by atoms with van der Waals surface area (Å²) in [5, 5.41) is 20.3. The van der Waals surface area contributed by atoms with Gasteiger partial charge in [0.15, 0.2) is 0 Å². The van der Waals surface area contributed by atoms with Crippen LogP contribution in [-0.2, 0) is 9.59 Å². The van der Waals surface area contributed by atoms with Gasteiger partial charge in [-0.2, -0.15) is 0 Å². The second kappa shape index (κ2) is 8.06. The van der Waals surface area contributed by atoms with E-state index in [1.165, 1.54) is 0 Å². The maximum Gasteiger partial charge on any atom is 0.306 e. The molecule has 0 aromatic heterocycles. The predicted molar refractivity (Wildman–Crippen MR) is 59.1 cm³/mol. The van der Waals surface area contributed by atoms with Crippen LogP contribution in [0, 0.1) is 0 Å². The number of carboxylic acid groups (broad SMARTS) is 1. The monoisotopic (exact) mass is 232 g/mol. The van der Waals surface area contributed by atoms with E-state index in [9.17, 15) is 14.7 Å². The molecule has 1 amide bonds. The first-order chi connectivity index (χ1) is 7.51. The van der Waals surface area contributed by atoms with Gasteiger partial charge in [0.2, 0.25) is 5.91 Å². The van der Waals surface area contributed by atoms with E-state index in [-0.39, 0.29) is 25.4 Å². The highest BCUT2D eigenvalue weighted by Gasteiger charge is 2.12. The van der Waals surface area contributed by atoms with Gasteiger partial charge in [0.25, 0.3) is 0 Å². The topological polar surface area (TPSA) is 89.9 Å². The second-order valence-electron chi connectivity index (χ2n) is 3.45. The molecule has 0 rings (SSSR count). The minimum absolute atomic E-state index is 0.0486. The molecule has 0 aliphatic heterocycles. The molecular weight excluding hydrogens is 212 g/mol. The van der Waals surface area contributed by atoms with Gasteiger partial charge in [0.1, 0.15) is 0 Å². The zero-order valence-electron chi connectivity index (χ0n) is 9.77. The van der Waals surface area contributed by atoms with Gasteiger partial charge >= 0.3 is 5.97 Å². The van der Waals surface area contributed by atoms with Crippen LogP contribution in [0.3, 0.4) is 0 Å². The van der Waals surface area contributed by atoms with E-state index in [4.69, 9.17) is 5.11 Å². The largest absolute Gasteiger partial charge is 0.481 e. The van der Waals surface area contributed by atoms with Crippen molar-refractivity contribution >= 4 is 11.9 Å². The van der Waals surface area contributed by atoms with Crippen molar-refractivity contribution in [3.63, 3.8) is 0 Å². The van der Waals surface area contributed by atoms with Crippen molar-refractivity contribution in [2.24, 2.45) is 0 Å². The zero-order chi connectivity index (χ0) is 12.6. The first-order valence-corrected chi connectivity index (χ1v) is 5.39. The first-order valence-electron chi connectivity index (χ1n) is 5.39. The van der Waals surface area contributed by atoms with Crippen LogP contribution < -0.4 is 5.32 Å². The predicted octanol–water partition coefficient (Wildman–Crippen LogP) is -0.720. The molecule has 0 saturated heterocycles. The summed E-state index contributed by atoms with van der Waals surface area (Å²) >= 11 is 0. The Morgan fingerprint density at radius 3 is 2.31 bits per heavy atom. The fourth-order valence-electron chi connectivity index (χ4n) is 1.31. The molecule has 0 aliphatic carbocycles. The molecule has 0 bridgehead atoms. The van der Waals surface area contributed by atoms with Crippen LogP contribution in [0.5, 0.6) is 0 Å². The zero-order valence-corrected chi connectivity index (χ0v) is 9.77. The lowest BCUT2D eigenvalue weighted by Crippen LogP contribution is -2.40. The number of nitrogens with zero attached hydrogens (tertiary/aromatic N) is 1. The summed E-state index contributed by atoms with van der Waals surface area (Å²) in [4.78, 5) is 23.4. The molecule has 3 N–H and O–H groups in total. The molecule has 0 radical (unpaired) electrons. The molecule has 0 heterocycles. The third kappa shape index (κ3) is 6.36. The van der Waals surface area contributed by atoms with E-state index in [0.29, 0.717) is 13.1 Å². The lowest BCUT2D eigenvalue weighted by molar-refractivity contribution is -0.139. The number of aliphatic hydroxyl groups is 1. The Hall–Kier alpha value is -1.14. The van der Waals surface area contributed by atoms with E-state index >= 15 is 0 Å². The molecule has 0 aromatic carbocycles. The smallest absolute Gasteiger partial charge is 0.306 e. The highest BCUT2D eigenvalue weighted by atomic mass is 16.4. The minimum atomic E-state index is -1.05. The van der Waals surface area contributed by atoms with E-state index in [1.54, 1.807) is 4.90 Å². The van der Waals surface area contributed by atoms with Crippen molar-refractivity contribution in [1.82, 2.24) is 10.2 Å². The van der Waals surface area contributed by atoms with Gasteiger partial charge in [-0.25, -0.2) is 0 Å². The van der Waals surface area contributed by atoms with Gasteiger partial charge in [-0.1, -0.05) is 0 Å². The Balaban J connectivity index is 3.72. The number of aliphatic carboxylic acids is 1. The van der Waals surface area contributed by atoms with E-state index < -0.39 is 12.1 Å². The quantitative estimate of drug-likeness (QED) is 0.514. The van der Waals surface area contributed by atoms with Crippen molar-refractivity contribution < 1.29 is 19.8 Å². The minimum Gasteiger partial charge on any atom is -0.481 e. The van der Waals surface area contributed by atoms with Crippen LogP contribution >= 0.6 is 0 Å². The Morgan fingerprint density at radius 2 is 1.88 bits per heavy atom. The van der Waals surface area contributed by atoms with Gasteiger partial charge in [0, 0.05) is 19.6 Å². The van der Waals surface area contributed by atoms with Gasteiger partial charge in [-0.15, -0.1) is 0 Å². The number of carbonyl (C=O) groups excluding carboxylic acids is 1. The fraction of sp³-hybridized carbons (Fsp3) is 0.800. The van der Waals surface area contributed by atoms with Gasteiger partial charge in [-0.3, -0.25) is 9.59 Å². The van der Waals surface area contributed by atoms with Crippen molar-refractivity contribution in [1.29, 1.82) is 0 Å². The average Bonchev–Trinajstić information content (AvgIpc) is 2.18. The van der Waals surface area contributed by atoms with Crippen LogP contribution in [-0.4, -0.2) is 59.3 Å². The molecule has 0 saturated carbocycles. The Kier molecular flexibility index (Phi) is 7.49. The molecule has 0 spiro atoms. The number of hydrogen-bond donors (Lipinski definition) is 3. The van der Waals surface area contributed by atoms with Gasteiger partial charge < -0.3 is 20.4 Å². The fourth-order valence-corrected chi connectivity index (χ4v) is 1.31. The van der Waals surface area contributed by atoms with Crippen molar-refractivity contribution in [3.8, 4) is 0 Å². The van der Waals surface area contributed by atoms with Crippen LogP contribution in [0.15, 0.2) is 0 Å². The summed E-state index contributed by atoms with van der Waals surface area (Å²) < 4.78 is 0. The highest BCUT2D eigenvalue weighted by molar-refractivity contribution is 5.78. The summed E-state index contributed by atoms with van der Waals surface area (Å²) in [6.45, 7) is 5.31. The van der Waals surface area contributed by atoms with Crippen LogP contribution in [0.25, 0.3) is 0 Å². The SMILES string of the molecule is CCN(CC)C(=O)CNCC(O)CC(=O)O. The number of carbonyl (C=O) groups is 2. The summed E-state index contributed by atoms with van der Waals surface area (Å²) in [6, 6.07) is 0. The molecule has 16 heavy (non-hydrogen) atoms. The van der Waals surface area contributed by atoms with Crippen LogP contribution in [0.2, 0.25) is 0 Å². The Labute approximate surface area is 95.2 Å². The number of aliphatic hydroxyl groups excluding tert-OH is 1. The molecule has 94 valence electrons. The molecular formula is C10H20N2O4. The molecule has 1 unspecified atom stereocenters. The number of hydrogen-bond acceptors (Lipinski definition) is 4. The highest BCUT2D eigenvalue weighted by Crippen LogP contribution is 1.90. The van der Waals surface area contributed by atoms with Crippen molar-refractivity contribution in [2.75, 3.05) is 26.2 Å². The number of nitrogens with one attached hydrogen (secondary N) is 1. The number of likely N-dealkylation sites (N-methyl/N-ethyl adjacent to an activating group) is 1. The molecule has 6 nitrogen and oxygen atoms in total. The maximum absolute atomic E-state index is 11.5. The molecule has 6 heteroatoms. The van der Waals surface area contributed by atoms with Gasteiger partial charge in [-0.05, 0) is 13.8 Å². The molecule has 0 fully saturated rings. The number of carboxylic acids is 1. The maximum atomic E-state index is 11.5. The number of amides is 1. The normalized spacial score (nSPS) is 12.2.